The van der Waals surface area contributed by atoms with Crippen LogP contribution in [0.2, 0.25) is 0 Å². The minimum Gasteiger partial charge on any atom is -0.465 e. The molecule has 1 aromatic carbocycles. The zero-order valence-electron chi connectivity index (χ0n) is 24.2. The Morgan fingerprint density at radius 1 is 1.19 bits per heavy atom. The number of aromatic amines is 1. The molecule has 2 unspecified atom stereocenters. The number of rotatable bonds is 6. The van der Waals surface area contributed by atoms with Crippen LogP contribution in [0, 0.1) is 17.0 Å². The molecule has 2 fully saturated rings. The summed E-state index contributed by atoms with van der Waals surface area (Å²) in [6, 6.07) is 1.26. The number of carbonyl (C=O) groups is 2. The molecule has 5 rings (SSSR count). The van der Waals surface area contributed by atoms with Crippen LogP contribution >= 0.6 is 0 Å². The third-order valence-electron chi connectivity index (χ3n) is 9.36. The van der Waals surface area contributed by atoms with Gasteiger partial charge in [0.1, 0.15) is 11.5 Å². The van der Waals surface area contributed by atoms with Gasteiger partial charge in [-0.2, -0.15) is 0 Å². The number of aromatic nitrogens is 1. The van der Waals surface area contributed by atoms with Crippen LogP contribution in [0.3, 0.4) is 0 Å². The lowest BCUT2D eigenvalue weighted by molar-refractivity contribution is 0.0224. The number of likely N-dealkylation sites (N-methyl/N-ethyl adjacent to an activating group) is 1. The van der Waals surface area contributed by atoms with Gasteiger partial charge in [0.2, 0.25) is 5.56 Å². The Bertz CT molecular complexity index is 1520. The third-order valence-corrected chi connectivity index (χ3v) is 9.36. The van der Waals surface area contributed by atoms with Crippen molar-refractivity contribution in [3.8, 4) is 0 Å². The second kappa shape index (κ2) is 11.7. The monoisotopic (exact) mass is 605 g/mol. The first-order valence-corrected chi connectivity index (χ1v) is 14.3. The molecule has 0 radical (unpaired) electrons. The van der Waals surface area contributed by atoms with Crippen molar-refractivity contribution >= 4 is 28.9 Å². The molecular weight excluding hydrogens is 570 g/mol. The van der Waals surface area contributed by atoms with Gasteiger partial charge in [-0.05, 0) is 44.2 Å². The smallest absolute Gasteiger partial charge is 0.407 e. The molecule has 1 aromatic heterocycles. The fraction of sp³-hybridized carbons (Fsp3) is 0.500. The average Bonchev–Trinajstić information content (AvgIpc) is 2.94. The highest BCUT2D eigenvalue weighted by molar-refractivity contribution is 6.07. The van der Waals surface area contributed by atoms with E-state index in [0.29, 0.717) is 25.7 Å². The first-order valence-electron chi connectivity index (χ1n) is 14.3. The van der Waals surface area contributed by atoms with Gasteiger partial charge < -0.3 is 30.1 Å². The predicted octanol–water partition coefficient (Wildman–Crippen LogP) is 5.31. The predicted molar refractivity (Wildman–Crippen MR) is 154 cm³/mol. The number of carbonyl (C=O) groups excluding carboxylic acids is 1. The van der Waals surface area contributed by atoms with E-state index in [4.69, 9.17) is 0 Å². The van der Waals surface area contributed by atoms with Gasteiger partial charge in [0.05, 0.1) is 16.8 Å². The van der Waals surface area contributed by atoms with E-state index in [9.17, 15) is 28.3 Å². The molecule has 3 aliphatic rings. The second-order valence-electron chi connectivity index (χ2n) is 12.0. The number of hydrogen-bond donors (Lipinski definition) is 3. The zero-order chi connectivity index (χ0) is 31.2. The lowest BCUT2D eigenvalue weighted by Gasteiger charge is -2.50. The first-order chi connectivity index (χ1) is 20.3. The van der Waals surface area contributed by atoms with E-state index in [1.807, 2.05) is 20.9 Å². The highest BCUT2D eigenvalue weighted by atomic mass is 19.3. The topological polar surface area (TPSA) is 109 Å². The first kappa shape index (κ1) is 30.6. The van der Waals surface area contributed by atoms with E-state index in [1.54, 1.807) is 4.90 Å². The fourth-order valence-electron chi connectivity index (χ4n) is 6.43. The number of anilines is 2. The second-order valence-corrected chi connectivity index (χ2v) is 12.0. The van der Waals surface area contributed by atoms with Crippen LogP contribution in [0.15, 0.2) is 29.2 Å². The van der Waals surface area contributed by atoms with E-state index in [-0.39, 0.29) is 41.4 Å². The number of nitrogens with one attached hydrogen (secondary N) is 2. The Kier molecular flexibility index (Phi) is 8.30. The standard InChI is InChI=1S/C30H35F4N5O4/c1-16-15-38(10-9-37(16)3)21-13-20(31)24(17-5-8-39(29(42)43)22(11-17)30(2)6-4-7-30)25(32)26(21)36-28(41)19-14-35-23(40)12-18(19)27(33)34/h5,12-14,16,22,27H,4,6-11,15H2,1-3H3,(H,35,40)(H,36,41)(H,42,43). The number of amides is 2. The summed E-state index contributed by atoms with van der Waals surface area (Å²) in [5.41, 5.74) is -2.98. The Morgan fingerprint density at radius 2 is 1.91 bits per heavy atom. The molecule has 2 aliphatic heterocycles. The Morgan fingerprint density at radius 3 is 2.51 bits per heavy atom. The summed E-state index contributed by atoms with van der Waals surface area (Å²) in [4.78, 5) is 44.3. The van der Waals surface area contributed by atoms with Crippen molar-refractivity contribution in [2.45, 2.75) is 58.0 Å². The molecule has 0 bridgehead atoms. The summed E-state index contributed by atoms with van der Waals surface area (Å²) in [5.74, 6) is -3.05. The SMILES string of the molecule is CC1CN(c2cc(F)c(C3=CCN(C(=O)O)C(C4(C)CCC4)C3)c(F)c2NC(=O)c2c[nH]c(=O)cc2C(F)F)CCN1C. The molecule has 13 heteroatoms. The van der Waals surface area contributed by atoms with Crippen LogP contribution in [0.25, 0.3) is 5.57 Å². The molecule has 2 aromatic rings. The van der Waals surface area contributed by atoms with Gasteiger partial charge in [-0.25, -0.2) is 22.4 Å². The van der Waals surface area contributed by atoms with Gasteiger partial charge in [-0.3, -0.25) is 9.59 Å². The summed E-state index contributed by atoms with van der Waals surface area (Å²) < 4.78 is 60.0. The minimum absolute atomic E-state index is 0.0137. The van der Waals surface area contributed by atoms with E-state index >= 15 is 8.78 Å². The lowest BCUT2D eigenvalue weighted by Crippen LogP contribution is -2.53. The van der Waals surface area contributed by atoms with Crippen LogP contribution in [0.5, 0.6) is 0 Å². The minimum atomic E-state index is -3.15. The molecule has 232 valence electrons. The van der Waals surface area contributed by atoms with Crippen molar-refractivity contribution in [3.05, 3.63) is 63.1 Å². The largest absolute Gasteiger partial charge is 0.465 e. The third kappa shape index (κ3) is 5.74. The molecule has 9 nitrogen and oxygen atoms in total. The van der Waals surface area contributed by atoms with Gasteiger partial charge in [-0.15, -0.1) is 0 Å². The maximum atomic E-state index is 16.6. The van der Waals surface area contributed by atoms with E-state index in [1.165, 1.54) is 11.0 Å². The molecule has 3 N–H and O–H groups in total. The van der Waals surface area contributed by atoms with Gasteiger partial charge in [0.15, 0.2) is 5.82 Å². The number of piperazine rings is 1. The van der Waals surface area contributed by atoms with Crippen LogP contribution in [0.4, 0.5) is 33.7 Å². The summed E-state index contributed by atoms with van der Waals surface area (Å²) in [7, 11) is 1.92. The van der Waals surface area contributed by atoms with Crippen molar-refractivity contribution in [1.29, 1.82) is 0 Å². The number of H-pyrrole nitrogens is 1. The molecule has 1 saturated heterocycles. The van der Waals surface area contributed by atoms with Crippen molar-refractivity contribution < 1.29 is 32.3 Å². The summed E-state index contributed by atoms with van der Waals surface area (Å²) >= 11 is 0. The number of nitrogens with zero attached hydrogens (tertiary/aromatic N) is 3. The van der Waals surface area contributed by atoms with Gasteiger partial charge in [-0.1, -0.05) is 19.4 Å². The molecule has 2 atom stereocenters. The van der Waals surface area contributed by atoms with Crippen LogP contribution in [-0.4, -0.2) is 77.2 Å². The fourth-order valence-corrected chi connectivity index (χ4v) is 6.43. The average molecular weight is 606 g/mol. The number of halogens is 4. The maximum Gasteiger partial charge on any atom is 0.407 e. The van der Waals surface area contributed by atoms with E-state index in [2.05, 4.69) is 15.2 Å². The van der Waals surface area contributed by atoms with Gasteiger partial charge in [0, 0.05) is 62.2 Å². The highest BCUT2D eigenvalue weighted by Gasteiger charge is 2.46. The molecule has 2 amide bonds. The number of benzene rings is 1. The van der Waals surface area contributed by atoms with Crippen molar-refractivity contribution in [2.24, 2.45) is 5.41 Å². The normalized spacial score (nSPS) is 22.3. The molecule has 3 heterocycles. The van der Waals surface area contributed by atoms with Crippen LogP contribution in [-0.2, 0) is 0 Å². The van der Waals surface area contributed by atoms with Crippen molar-refractivity contribution in [1.82, 2.24) is 14.8 Å². The molecule has 0 spiro atoms. The van der Waals surface area contributed by atoms with Crippen molar-refractivity contribution in [3.63, 3.8) is 0 Å². The summed E-state index contributed by atoms with van der Waals surface area (Å²) in [5, 5.41) is 12.2. The van der Waals surface area contributed by atoms with E-state index in [0.717, 1.165) is 31.5 Å². The molecule has 43 heavy (non-hydrogen) atoms. The summed E-state index contributed by atoms with van der Waals surface area (Å²) in [6.07, 6.45) is 0.634. The summed E-state index contributed by atoms with van der Waals surface area (Å²) in [6.45, 7) is 5.21. The number of alkyl halides is 2. The zero-order valence-corrected chi connectivity index (χ0v) is 24.2. The lowest BCUT2D eigenvalue weighted by atomic mass is 9.63. The molecule has 1 aliphatic carbocycles. The molecule has 1 saturated carbocycles. The quantitative estimate of drug-likeness (QED) is 0.386. The number of pyridine rings is 1. The maximum absolute atomic E-state index is 16.6. The Labute approximate surface area is 246 Å². The Balaban J connectivity index is 1.60. The number of carboxylic acid groups (broad SMARTS) is 1. The Hall–Kier alpha value is -3.87. The van der Waals surface area contributed by atoms with Crippen LogP contribution in [0.1, 0.15) is 67.4 Å². The van der Waals surface area contributed by atoms with E-state index < -0.39 is 58.4 Å². The van der Waals surface area contributed by atoms with Crippen LogP contribution < -0.4 is 15.8 Å². The van der Waals surface area contributed by atoms with Gasteiger partial charge >= 0.3 is 6.09 Å². The molecular formula is C30H35F4N5O4. The van der Waals surface area contributed by atoms with Gasteiger partial charge in [0.25, 0.3) is 12.3 Å². The highest BCUT2D eigenvalue weighted by Crippen LogP contribution is 2.50. The van der Waals surface area contributed by atoms with Crippen molar-refractivity contribution in [2.75, 3.05) is 43.4 Å². The number of hydrogen-bond acceptors (Lipinski definition) is 5.